The number of hydrogen-bond donors (Lipinski definition) is 2. The van der Waals surface area contributed by atoms with Gasteiger partial charge in [0.15, 0.2) is 4.90 Å². The number of nitrogen functional groups attached to an aromatic ring is 1. The average molecular weight is 317 g/mol. The van der Waals surface area contributed by atoms with E-state index >= 15 is 0 Å². The van der Waals surface area contributed by atoms with Gasteiger partial charge in [-0.25, -0.2) is 13.1 Å². The van der Waals surface area contributed by atoms with Crippen molar-refractivity contribution in [1.82, 2.24) is 4.72 Å². The van der Waals surface area contributed by atoms with Crippen molar-refractivity contribution < 1.29 is 13.3 Å². The van der Waals surface area contributed by atoms with Crippen LogP contribution in [0.5, 0.6) is 0 Å². The number of anilines is 1. The maximum atomic E-state index is 12.3. The molecule has 1 aromatic rings. The Morgan fingerprint density at radius 3 is 2.80 bits per heavy atom. The van der Waals surface area contributed by atoms with Gasteiger partial charge >= 0.3 is 0 Å². The molecule has 3 N–H and O–H groups in total. The normalized spacial score (nSPS) is 19.7. The molecular formula is C11H15N3O4S2. The van der Waals surface area contributed by atoms with Crippen molar-refractivity contribution in [3.8, 4) is 0 Å². The highest BCUT2D eigenvalue weighted by Gasteiger charge is 2.28. The molecular weight excluding hydrogens is 302 g/mol. The quantitative estimate of drug-likeness (QED) is 0.492. The zero-order chi connectivity index (χ0) is 14.8. The molecule has 1 heterocycles. The zero-order valence-electron chi connectivity index (χ0n) is 10.6. The Bertz CT molecular complexity index is 612. The van der Waals surface area contributed by atoms with Crippen molar-refractivity contribution in [1.29, 1.82) is 0 Å². The fraction of sp³-hybridized carbons (Fsp3) is 0.455. The van der Waals surface area contributed by atoms with Crippen LogP contribution in [-0.4, -0.2) is 30.9 Å². The Labute approximate surface area is 121 Å². The summed E-state index contributed by atoms with van der Waals surface area (Å²) in [5, 5.41) is 11.0. The summed E-state index contributed by atoms with van der Waals surface area (Å²) in [6.07, 6.45) is 1.68. The second-order valence-corrected chi connectivity index (χ2v) is 7.35. The van der Waals surface area contributed by atoms with Crippen LogP contribution < -0.4 is 10.5 Å². The Balaban J connectivity index is 2.31. The highest BCUT2D eigenvalue weighted by atomic mass is 32.2. The summed E-state index contributed by atoms with van der Waals surface area (Å²) >= 11 is 1.67. The molecule has 1 aliphatic rings. The first-order valence-corrected chi connectivity index (χ1v) is 8.68. The van der Waals surface area contributed by atoms with E-state index in [1.165, 1.54) is 12.1 Å². The van der Waals surface area contributed by atoms with Gasteiger partial charge in [0.05, 0.1) is 4.92 Å². The van der Waals surface area contributed by atoms with Crippen LogP contribution in [0.1, 0.15) is 12.8 Å². The molecule has 1 unspecified atom stereocenters. The smallest absolute Gasteiger partial charge is 0.291 e. The number of rotatable bonds is 4. The first-order chi connectivity index (χ1) is 9.40. The van der Waals surface area contributed by atoms with Crippen molar-refractivity contribution in [2.75, 3.05) is 17.2 Å². The van der Waals surface area contributed by atoms with Crippen LogP contribution in [0.25, 0.3) is 0 Å². The minimum Gasteiger partial charge on any atom is -0.399 e. The van der Waals surface area contributed by atoms with Crippen LogP contribution in [0.2, 0.25) is 0 Å². The molecule has 9 heteroatoms. The molecule has 0 aliphatic carbocycles. The molecule has 0 aromatic heterocycles. The van der Waals surface area contributed by atoms with Crippen LogP contribution >= 0.6 is 11.8 Å². The lowest BCUT2D eigenvalue weighted by atomic mass is 10.2. The van der Waals surface area contributed by atoms with Crippen LogP contribution in [0.3, 0.4) is 0 Å². The first kappa shape index (κ1) is 15.1. The van der Waals surface area contributed by atoms with Crippen molar-refractivity contribution >= 4 is 33.2 Å². The summed E-state index contributed by atoms with van der Waals surface area (Å²) in [5.41, 5.74) is 5.13. The fourth-order valence-electron chi connectivity index (χ4n) is 2.02. The van der Waals surface area contributed by atoms with E-state index in [2.05, 4.69) is 4.72 Å². The number of nitro groups is 1. The van der Waals surface area contributed by atoms with Crippen LogP contribution in [-0.2, 0) is 10.0 Å². The number of nitro benzene ring substituents is 1. The third-order valence-electron chi connectivity index (χ3n) is 2.95. The van der Waals surface area contributed by atoms with E-state index in [9.17, 15) is 18.5 Å². The monoisotopic (exact) mass is 317 g/mol. The van der Waals surface area contributed by atoms with Crippen LogP contribution in [0.15, 0.2) is 23.1 Å². The number of nitrogens with two attached hydrogens (primary N) is 1. The van der Waals surface area contributed by atoms with Gasteiger partial charge in [0.25, 0.3) is 5.69 Å². The van der Waals surface area contributed by atoms with Gasteiger partial charge in [-0.3, -0.25) is 10.1 Å². The topological polar surface area (TPSA) is 115 Å². The van der Waals surface area contributed by atoms with E-state index in [0.717, 1.165) is 24.7 Å². The van der Waals surface area contributed by atoms with E-state index in [0.29, 0.717) is 5.75 Å². The molecule has 0 amide bonds. The molecule has 110 valence electrons. The highest BCUT2D eigenvalue weighted by Crippen LogP contribution is 2.27. The predicted molar refractivity (Wildman–Crippen MR) is 78.2 cm³/mol. The van der Waals surface area contributed by atoms with Gasteiger partial charge in [0.2, 0.25) is 10.0 Å². The van der Waals surface area contributed by atoms with Gasteiger partial charge < -0.3 is 5.73 Å². The second kappa shape index (κ2) is 5.98. The molecule has 20 heavy (non-hydrogen) atoms. The molecule has 7 nitrogen and oxygen atoms in total. The minimum atomic E-state index is -3.91. The van der Waals surface area contributed by atoms with Crippen molar-refractivity contribution in [3.63, 3.8) is 0 Å². The van der Waals surface area contributed by atoms with E-state index < -0.39 is 20.6 Å². The van der Waals surface area contributed by atoms with Gasteiger partial charge in [0, 0.05) is 23.5 Å². The lowest BCUT2D eigenvalue weighted by Crippen LogP contribution is -2.38. The van der Waals surface area contributed by atoms with E-state index in [1.807, 2.05) is 0 Å². The second-order valence-electron chi connectivity index (χ2n) is 4.52. The third kappa shape index (κ3) is 3.41. The zero-order valence-corrected chi connectivity index (χ0v) is 12.2. The Hall–Kier alpha value is -1.32. The molecule has 1 aliphatic heterocycles. The number of benzene rings is 1. The van der Waals surface area contributed by atoms with Crippen molar-refractivity contribution in [2.24, 2.45) is 0 Å². The summed E-state index contributed by atoms with van der Waals surface area (Å²) in [6.45, 7) is 0. The molecule has 2 rings (SSSR count). The van der Waals surface area contributed by atoms with Gasteiger partial charge in [0.1, 0.15) is 0 Å². The largest absolute Gasteiger partial charge is 0.399 e. The standard InChI is InChI=1S/C11H15N3O4S2/c12-8-3-4-11(10(6-8)14(15)16)20(17,18)13-9-2-1-5-19-7-9/h3-4,6,9,13H,1-2,5,7,12H2. The predicted octanol–water partition coefficient (Wildman–Crippen LogP) is 1.35. The Morgan fingerprint density at radius 2 is 2.20 bits per heavy atom. The highest BCUT2D eigenvalue weighted by molar-refractivity contribution is 7.99. The van der Waals surface area contributed by atoms with Gasteiger partial charge in [-0.05, 0) is 30.7 Å². The lowest BCUT2D eigenvalue weighted by Gasteiger charge is -2.22. The van der Waals surface area contributed by atoms with Gasteiger partial charge in [-0.2, -0.15) is 11.8 Å². The van der Waals surface area contributed by atoms with Crippen molar-refractivity contribution in [3.05, 3.63) is 28.3 Å². The van der Waals surface area contributed by atoms with Crippen molar-refractivity contribution in [2.45, 2.75) is 23.8 Å². The molecule has 0 saturated carbocycles. The molecule has 1 atom stereocenters. The maximum absolute atomic E-state index is 12.3. The third-order valence-corrected chi connectivity index (χ3v) is 5.73. The van der Waals surface area contributed by atoms with Gasteiger partial charge in [-0.15, -0.1) is 0 Å². The first-order valence-electron chi connectivity index (χ1n) is 6.04. The molecule has 0 bridgehead atoms. The summed E-state index contributed by atoms with van der Waals surface area (Å²) in [6, 6.07) is 3.39. The summed E-state index contributed by atoms with van der Waals surface area (Å²) in [5.74, 6) is 1.70. The molecule has 0 spiro atoms. The van der Waals surface area contributed by atoms with E-state index in [-0.39, 0.29) is 16.6 Å². The number of thioether (sulfide) groups is 1. The fourth-order valence-corrected chi connectivity index (χ4v) is 4.62. The number of nitrogens with zero attached hydrogens (tertiary/aromatic N) is 1. The minimum absolute atomic E-state index is 0.156. The maximum Gasteiger partial charge on any atom is 0.291 e. The summed E-state index contributed by atoms with van der Waals surface area (Å²) in [4.78, 5) is 9.89. The van der Waals surface area contributed by atoms with Crippen LogP contribution in [0.4, 0.5) is 11.4 Å². The SMILES string of the molecule is Nc1ccc(S(=O)(=O)NC2CCCSC2)c([N+](=O)[O-])c1. The number of sulfonamides is 1. The van der Waals surface area contributed by atoms with E-state index in [1.54, 1.807) is 11.8 Å². The number of hydrogen-bond acceptors (Lipinski definition) is 6. The molecule has 1 aromatic carbocycles. The van der Waals surface area contributed by atoms with Crippen LogP contribution in [0, 0.1) is 10.1 Å². The lowest BCUT2D eigenvalue weighted by molar-refractivity contribution is -0.387. The average Bonchev–Trinajstić information content (AvgIpc) is 2.38. The molecule has 1 fully saturated rings. The molecule has 1 saturated heterocycles. The Morgan fingerprint density at radius 1 is 1.45 bits per heavy atom. The number of nitrogens with one attached hydrogen (secondary N) is 1. The van der Waals surface area contributed by atoms with Gasteiger partial charge in [-0.1, -0.05) is 0 Å². The summed E-state index contributed by atoms with van der Waals surface area (Å²) < 4.78 is 27.1. The molecule has 0 radical (unpaired) electrons. The van der Waals surface area contributed by atoms with E-state index in [4.69, 9.17) is 5.73 Å². The summed E-state index contributed by atoms with van der Waals surface area (Å²) in [7, 11) is -3.91. The Kier molecular flexibility index (Phi) is 4.51.